The normalized spacial score (nSPS) is 15.5. The van der Waals surface area contributed by atoms with Gasteiger partial charge in [-0.1, -0.05) is 54.6 Å². The molecule has 0 radical (unpaired) electrons. The number of carboxylic acids is 1. The highest BCUT2D eigenvalue weighted by molar-refractivity contribution is 6.06. The number of nitrogens with two attached hydrogens (primary N) is 1. The molecular formula is C24H26N6O7. The quantitative estimate of drug-likeness (QED) is 0.137. The molecule has 13 heteroatoms. The van der Waals surface area contributed by atoms with Crippen LogP contribution in [0.15, 0.2) is 54.6 Å². The van der Waals surface area contributed by atoms with Gasteiger partial charge in [-0.3, -0.25) is 19.9 Å². The van der Waals surface area contributed by atoms with Crippen LogP contribution in [0.3, 0.4) is 0 Å². The number of nitrogens with one attached hydrogen (secondary N) is 4. The summed E-state index contributed by atoms with van der Waals surface area (Å²) in [5, 5.41) is 23.7. The van der Waals surface area contributed by atoms with E-state index in [2.05, 4.69) is 16.0 Å². The first-order valence-corrected chi connectivity index (χ1v) is 11.2. The number of carbonyl (C=O) groups is 5. The first kappa shape index (κ1) is 26.7. The predicted octanol–water partition coefficient (Wildman–Crippen LogP) is -0.0706. The Bertz CT molecular complexity index is 1190. The lowest BCUT2D eigenvalue weighted by atomic mass is 10.0. The van der Waals surface area contributed by atoms with Crippen LogP contribution >= 0.6 is 0 Å². The smallest absolute Gasteiger partial charge is 0.408 e. The molecule has 0 spiro atoms. The van der Waals surface area contributed by atoms with Gasteiger partial charge in [-0.05, 0) is 11.1 Å². The van der Waals surface area contributed by atoms with Gasteiger partial charge in [0.15, 0.2) is 0 Å². The largest absolute Gasteiger partial charge is 0.480 e. The van der Waals surface area contributed by atoms with Crippen molar-refractivity contribution in [3.05, 3.63) is 71.3 Å². The summed E-state index contributed by atoms with van der Waals surface area (Å²) in [4.78, 5) is 61.4. The molecule has 0 bridgehead atoms. The first-order valence-electron chi connectivity index (χ1n) is 11.2. The topological polar surface area (TPSA) is 204 Å². The second kappa shape index (κ2) is 12.2. The van der Waals surface area contributed by atoms with Gasteiger partial charge >= 0.3 is 18.1 Å². The number of benzene rings is 2. The van der Waals surface area contributed by atoms with Crippen LogP contribution in [0.5, 0.6) is 0 Å². The van der Waals surface area contributed by atoms with Gasteiger partial charge in [-0.15, -0.1) is 0 Å². The number of nitrogens with zero attached hydrogens (tertiary/aromatic N) is 1. The van der Waals surface area contributed by atoms with Crippen LogP contribution in [0.25, 0.3) is 0 Å². The van der Waals surface area contributed by atoms with Gasteiger partial charge in [0.25, 0.3) is 5.91 Å². The molecular weight excluding hydrogens is 484 g/mol. The third-order valence-electron chi connectivity index (χ3n) is 5.42. The van der Waals surface area contributed by atoms with E-state index in [0.717, 1.165) is 4.90 Å². The van der Waals surface area contributed by atoms with Crippen LogP contribution in [0.4, 0.5) is 9.59 Å². The summed E-state index contributed by atoms with van der Waals surface area (Å²) in [5.74, 6) is -2.92. The summed E-state index contributed by atoms with van der Waals surface area (Å²) in [7, 11) is 0. The molecule has 2 aromatic carbocycles. The molecule has 1 aliphatic rings. The third kappa shape index (κ3) is 7.52. The van der Waals surface area contributed by atoms with Crippen molar-refractivity contribution < 1.29 is 33.8 Å². The molecule has 1 fully saturated rings. The Kier molecular flexibility index (Phi) is 8.76. The van der Waals surface area contributed by atoms with Crippen molar-refractivity contribution in [3.8, 4) is 0 Å². The number of hydrogen-bond donors (Lipinski definition) is 6. The number of ether oxygens (including phenoxy) is 1. The third-order valence-corrected chi connectivity index (χ3v) is 5.42. The summed E-state index contributed by atoms with van der Waals surface area (Å²) in [6, 6.07) is 12.2. The SMILES string of the molecule is N=C(N)c1ccc(CC2NC(=O)N(CC(=O)NCC(NC(=O)OCc3ccccc3)C(=O)O)C2=O)cc1. The van der Waals surface area contributed by atoms with E-state index < -0.39 is 55.1 Å². The summed E-state index contributed by atoms with van der Waals surface area (Å²) in [6.07, 6.45) is -0.824. The molecule has 13 nitrogen and oxygen atoms in total. The van der Waals surface area contributed by atoms with Crippen LogP contribution in [0.1, 0.15) is 16.7 Å². The Morgan fingerprint density at radius 3 is 2.38 bits per heavy atom. The number of rotatable bonds is 11. The standard InChI is InChI=1S/C24H26N6O7/c25-20(26)16-8-6-14(7-9-16)10-17-21(32)30(23(35)28-17)12-19(31)27-11-18(22(33)34)29-24(36)37-13-15-4-2-1-3-5-15/h1-9,17-18H,10-13H2,(H3,25,26)(H,27,31)(H,28,35)(H,29,36)(H,33,34). The average molecular weight is 511 g/mol. The number of amides is 5. The fourth-order valence-electron chi connectivity index (χ4n) is 3.44. The van der Waals surface area contributed by atoms with Gasteiger partial charge in [0.1, 0.15) is 31.1 Å². The molecule has 5 amide bonds. The van der Waals surface area contributed by atoms with E-state index in [4.69, 9.17) is 15.9 Å². The molecule has 1 aliphatic heterocycles. The van der Waals surface area contributed by atoms with Crippen LogP contribution in [-0.2, 0) is 32.1 Å². The minimum Gasteiger partial charge on any atom is -0.480 e. The fraction of sp³-hybridized carbons (Fsp3) is 0.250. The molecule has 0 aliphatic carbocycles. The summed E-state index contributed by atoms with van der Waals surface area (Å²) in [6.45, 7) is -1.20. The van der Waals surface area contributed by atoms with Crippen molar-refractivity contribution in [3.63, 3.8) is 0 Å². The number of aliphatic carboxylic acids is 1. The molecule has 194 valence electrons. The second-order valence-corrected chi connectivity index (χ2v) is 8.14. The highest BCUT2D eigenvalue weighted by Gasteiger charge is 2.39. The van der Waals surface area contributed by atoms with E-state index in [9.17, 15) is 29.1 Å². The molecule has 0 saturated carbocycles. The number of urea groups is 1. The molecule has 3 rings (SSSR count). The second-order valence-electron chi connectivity index (χ2n) is 8.14. The van der Waals surface area contributed by atoms with Gasteiger partial charge < -0.3 is 31.5 Å². The average Bonchev–Trinajstić information content (AvgIpc) is 3.13. The van der Waals surface area contributed by atoms with Gasteiger partial charge in [0.2, 0.25) is 5.91 Å². The number of nitrogen functional groups attached to an aromatic ring is 1. The number of alkyl carbamates (subject to hydrolysis) is 1. The summed E-state index contributed by atoms with van der Waals surface area (Å²) in [5.41, 5.74) is 7.35. The van der Waals surface area contributed by atoms with Crippen molar-refractivity contribution in [1.82, 2.24) is 20.9 Å². The molecule has 0 aromatic heterocycles. The summed E-state index contributed by atoms with van der Waals surface area (Å²) < 4.78 is 4.98. The predicted molar refractivity (Wildman–Crippen MR) is 129 cm³/mol. The molecule has 1 heterocycles. The van der Waals surface area contributed by atoms with Crippen LogP contribution in [0.2, 0.25) is 0 Å². The van der Waals surface area contributed by atoms with Crippen molar-refractivity contribution in [2.75, 3.05) is 13.1 Å². The van der Waals surface area contributed by atoms with Gasteiger partial charge in [0, 0.05) is 18.5 Å². The van der Waals surface area contributed by atoms with E-state index in [1.54, 1.807) is 54.6 Å². The Morgan fingerprint density at radius 1 is 1.08 bits per heavy atom. The van der Waals surface area contributed by atoms with Crippen LogP contribution in [0, 0.1) is 5.41 Å². The minimum atomic E-state index is -1.50. The number of carboxylic acid groups (broad SMARTS) is 1. The van der Waals surface area contributed by atoms with Crippen molar-refractivity contribution >= 4 is 35.7 Å². The number of carbonyl (C=O) groups excluding carboxylic acids is 4. The monoisotopic (exact) mass is 510 g/mol. The molecule has 2 unspecified atom stereocenters. The molecule has 37 heavy (non-hydrogen) atoms. The van der Waals surface area contributed by atoms with Gasteiger partial charge in [-0.25, -0.2) is 14.4 Å². The Labute approximate surface area is 211 Å². The molecule has 1 saturated heterocycles. The lowest BCUT2D eigenvalue weighted by molar-refractivity contribution is -0.139. The maximum absolute atomic E-state index is 12.7. The first-order chi connectivity index (χ1) is 17.6. The highest BCUT2D eigenvalue weighted by Crippen LogP contribution is 2.13. The Hall–Kier alpha value is -4.94. The van der Waals surface area contributed by atoms with Crippen LogP contribution in [-0.4, -0.2) is 70.9 Å². The van der Waals surface area contributed by atoms with E-state index in [0.29, 0.717) is 16.7 Å². The lowest BCUT2D eigenvalue weighted by Gasteiger charge is -2.17. The number of imide groups is 1. The zero-order valence-electron chi connectivity index (χ0n) is 19.6. The van der Waals surface area contributed by atoms with Gasteiger partial charge in [-0.2, -0.15) is 0 Å². The van der Waals surface area contributed by atoms with Crippen LogP contribution < -0.4 is 21.7 Å². The maximum atomic E-state index is 12.7. The van der Waals surface area contributed by atoms with Crippen molar-refractivity contribution in [2.24, 2.45) is 5.73 Å². The van der Waals surface area contributed by atoms with E-state index in [-0.39, 0.29) is 18.9 Å². The minimum absolute atomic E-state index is 0.0698. The van der Waals surface area contributed by atoms with E-state index in [1.807, 2.05) is 0 Å². The number of amidine groups is 1. The highest BCUT2D eigenvalue weighted by atomic mass is 16.5. The molecule has 2 aromatic rings. The lowest BCUT2D eigenvalue weighted by Crippen LogP contribution is -2.50. The summed E-state index contributed by atoms with van der Waals surface area (Å²) >= 11 is 0. The maximum Gasteiger partial charge on any atom is 0.408 e. The van der Waals surface area contributed by atoms with Crippen molar-refractivity contribution in [1.29, 1.82) is 5.41 Å². The van der Waals surface area contributed by atoms with E-state index in [1.165, 1.54) is 0 Å². The fourth-order valence-corrected chi connectivity index (χ4v) is 3.44. The Morgan fingerprint density at radius 2 is 1.76 bits per heavy atom. The zero-order valence-corrected chi connectivity index (χ0v) is 19.6. The molecule has 2 atom stereocenters. The molecule has 7 N–H and O–H groups in total. The zero-order chi connectivity index (χ0) is 26.9. The van der Waals surface area contributed by atoms with Crippen molar-refractivity contribution in [2.45, 2.75) is 25.1 Å². The Balaban J connectivity index is 1.47. The number of hydrogen-bond acceptors (Lipinski definition) is 7. The van der Waals surface area contributed by atoms with Gasteiger partial charge in [0.05, 0.1) is 0 Å². The van der Waals surface area contributed by atoms with E-state index >= 15 is 0 Å².